The zero-order chi connectivity index (χ0) is 39.0. The number of nitrogens with zero attached hydrogens (tertiary/aromatic N) is 4. The lowest BCUT2D eigenvalue weighted by Crippen LogP contribution is -2.31. The maximum Gasteiger partial charge on any atom is 0.328 e. The molecule has 0 saturated carbocycles. The van der Waals surface area contributed by atoms with E-state index >= 15 is 0 Å². The van der Waals surface area contributed by atoms with E-state index in [0.717, 1.165) is 12.8 Å². The van der Waals surface area contributed by atoms with Crippen molar-refractivity contribution in [3.05, 3.63) is 96.6 Å². The van der Waals surface area contributed by atoms with Crippen LogP contribution in [0.15, 0.2) is 85.2 Å². The van der Waals surface area contributed by atoms with E-state index in [1.165, 1.54) is 89.2 Å². The Kier molecular flexibility index (Phi) is 26.8. The predicted molar refractivity (Wildman–Crippen MR) is 190 cm³/mol. The van der Waals surface area contributed by atoms with Crippen molar-refractivity contribution < 1.29 is 59.4 Å². The summed E-state index contributed by atoms with van der Waals surface area (Å²) in [4.78, 5) is 71.1. The Hall–Kier alpha value is -5.74. The van der Waals surface area contributed by atoms with Gasteiger partial charge in [0.2, 0.25) is 0 Å². The average molecular weight is 729 g/mol. The molecule has 52 heavy (non-hydrogen) atoms. The van der Waals surface area contributed by atoms with Gasteiger partial charge in [0.15, 0.2) is 0 Å². The van der Waals surface area contributed by atoms with E-state index in [-0.39, 0.29) is 0 Å². The Labute approximate surface area is 302 Å². The fourth-order valence-corrected chi connectivity index (χ4v) is 4.43. The van der Waals surface area contributed by atoms with Gasteiger partial charge in [-0.05, 0) is 76.1 Å². The molecule has 0 unspecified atom stereocenters. The molecule has 0 bridgehead atoms. The molecule has 4 rings (SSSR count). The highest BCUT2D eigenvalue weighted by Crippen LogP contribution is 2.10. The predicted octanol–water partition coefficient (Wildman–Crippen LogP) is 3.36. The molecule has 4 heterocycles. The summed E-state index contributed by atoms with van der Waals surface area (Å²) in [5.41, 5.74) is 2.44. The van der Waals surface area contributed by atoms with Crippen LogP contribution in [0.5, 0.6) is 0 Å². The summed E-state index contributed by atoms with van der Waals surface area (Å²) in [5, 5.41) is 46.9. The normalized spacial score (nSPS) is 14.2. The van der Waals surface area contributed by atoms with E-state index in [1.807, 2.05) is 24.5 Å². The first-order chi connectivity index (χ1) is 24.8. The number of rotatable bonds is 12. The number of carboxylic acid groups (broad SMARTS) is 6. The van der Waals surface area contributed by atoms with Gasteiger partial charge in [-0.15, -0.1) is 0 Å². The van der Waals surface area contributed by atoms with Crippen LogP contribution < -0.4 is 0 Å². The average Bonchev–Trinajstić information content (AvgIpc) is 3.13. The summed E-state index contributed by atoms with van der Waals surface area (Å²) in [6.45, 7) is 7.49. The van der Waals surface area contributed by atoms with Crippen LogP contribution in [-0.4, -0.2) is 125 Å². The van der Waals surface area contributed by atoms with E-state index < -0.39 is 35.8 Å². The van der Waals surface area contributed by atoms with Crippen molar-refractivity contribution in [2.24, 2.45) is 0 Å². The van der Waals surface area contributed by atoms with Crippen molar-refractivity contribution in [2.75, 3.05) is 39.3 Å². The minimum Gasteiger partial charge on any atom is -0.478 e. The molecular weight excluding hydrogens is 680 g/mol. The second kappa shape index (κ2) is 30.1. The van der Waals surface area contributed by atoms with Crippen molar-refractivity contribution in [2.45, 2.75) is 51.4 Å². The first-order valence-electron chi connectivity index (χ1n) is 16.4. The van der Waals surface area contributed by atoms with Crippen molar-refractivity contribution in [3.63, 3.8) is 0 Å². The SMILES string of the molecule is O=C(O)C=CC(=O)O.O=C(O)C=CC(=O)O.O=C(O)C=CC(=O)O.c1ccc(CCN2CCCCC2)nc1.c1ccc(CCN2CCCCC2)nc1. The van der Waals surface area contributed by atoms with Crippen LogP contribution in [0, 0.1) is 0 Å². The smallest absolute Gasteiger partial charge is 0.328 e. The molecule has 0 spiro atoms. The standard InChI is InChI=1S/2C12H18N2.3C4H4O4/c2*1-4-9-14(10-5-1)11-7-12-6-2-3-8-13-12;3*5-3(6)1-2-4(7)8/h2*2-3,6,8H,1,4-5,7,9-11H2;3*1-2H,(H,5,6)(H,7,8). The van der Waals surface area contributed by atoms with Crippen LogP contribution in [0.25, 0.3) is 0 Å². The number of aliphatic carboxylic acids is 6. The molecule has 2 saturated heterocycles. The molecule has 6 N–H and O–H groups in total. The Morgan fingerprint density at radius 1 is 0.462 bits per heavy atom. The minimum atomic E-state index is -1.26. The lowest BCUT2D eigenvalue weighted by Gasteiger charge is -2.26. The monoisotopic (exact) mass is 728 g/mol. The van der Waals surface area contributed by atoms with Crippen molar-refractivity contribution in [1.82, 2.24) is 19.8 Å². The molecule has 284 valence electrons. The minimum absolute atomic E-state index is 0.558. The molecular formula is C36H48N4O12. The lowest BCUT2D eigenvalue weighted by molar-refractivity contribution is -0.134. The molecule has 0 amide bonds. The Morgan fingerprint density at radius 2 is 0.731 bits per heavy atom. The number of carbonyl (C=O) groups is 6. The zero-order valence-electron chi connectivity index (χ0n) is 28.9. The number of pyridine rings is 2. The molecule has 2 fully saturated rings. The Bertz CT molecular complexity index is 1230. The van der Waals surface area contributed by atoms with Gasteiger partial charge in [-0.25, -0.2) is 28.8 Å². The van der Waals surface area contributed by atoms with Gasteiger partial charge >= 0.3 is 35.8 Å². The zero-order valence-corrected chi connectivity index (χ0v) is 28.9. The maximum atomic E-state index is 9.55. The van der Waals surface area contributed by atoms with E-state index in [1.54, 1.807) is 0 Å². The first kappa shape index (κ1) is 46.3. The summed E-state index contributed by atoms with van der Waals surface area (Å²) < 4.78 is 0. The Balaban J connectivity index is 0.000000646. The molecule has 2 aromatic rings. The second-order valence-electron chi connectivity index (χ2n) is 11.0. The molecule has 2 aromatic heterocycles. The number of hydrogen-bond acceptors (Lipinski definition) is 10. The van der Waals surface area contributed by atoms with Gasteiger partial charge in [0.05, 0.1) is 0 Å². The highest BCUT2D eigenvalue weighted by atomic mass is 16.4. The first-order valence-corrected chi connectivity index (χ1v) is 16.4. The van der Waals surface area contributed by atoms with Crippen LogP contribution in [0.2, 0.25) is 0 Å². The lowest BCUT2D eigenvalue weighted by atomic mass is 10.1. The van der Waals surface area contributed by atoms with Crippen LogP contribution in [0.3, 0.4) is 0 Å². The van der Waals surface area contributed by atoms with E-state index in [0.29, 0.717) is 36.5 Å². The third-order valence-corrected chi connectivity index (χ3v) is 6.82. The second-order valence-corrected chi connectivity index (χ2v) is 11.0. The van der Waals surface area contributed by atoms with Crippen LogP contribution in [0.1, 0.15) is 49.9 Å². The van der Waals surface area contributed by atoms with Gasteiger partial charge in [-0.2, -0.15) is 0 Å². The van der Waals surface area contributed by atoms with Crippen molar-refractivity contribution in [3.8, 4) is 0 Å². The molecule has 16 nitrogen and oxygen atoms in total. The van der Waals surface area contributed by atoms with Gasteiger partial charge in [-0.1, -0.05) is 25.0 Å². The number of hydrogen-bond donors (Lipinski definition) is 6. The number of piperidine rings is 2. The van der Waals surface area contributed by atoms with Gasteiger partial charge in [-0.3, -0.25) is 9.97 Å². The van der Waals surface area contributed by atoms with Gasteiger partial charge in [0.25, 0.3) is 0 Å². The summed E-state index contributed by atoms with van der Waals surface area (Å²) in [7, 11) is 0. The van der Waals surface area contributed by atoms with E-state index in [9.17, 15) is 28.8 Å². The third-order valence-electron chi connectivity index (χ3n) is 6.82. The fourth-order valence-electron chi connectivity index (χ4n) is 4.43. The van der Waals surface area contributed by atoms with Crippen LogP contribution >= 0.6 is 0 Å². The number of likely N-dealkylation sites (tertiary alicyclic amines) is 2. The van der Waals surface area contributed by atoms with Crippen LogP contribution in [-0.2, 0) is 41.6 Å². The van der Waals surface area contributed by atoms with Gasteiger partial charge in [0, 0.05) is 86.2 Å². The highest BCUT2D eigenvalue weighted by molar-refractivity contribution is 5.90. The van der Waals surface area contributed by atoms with Crippen molar-refractivity contribution in [1.29, 1.82) is 0 Å². The molecule has 0 atom stereocenters. The summed E-state index contributed by atoms with van der Waals surface area (Å²) >= 11 is 0. The fraction of sp³-hybridized carbons (Fsp3) is 0.389. The molecule has 0 aromatic carbocycles. The third kappa shape index (κ3) is 31.5. The quantitative estimate of drug-likeness (QED) is 0.171. The number of carboxylic acids is 6. The molecule has 0 radical (unpaired) electrons. The summed E-state index contributed by atoms with van der Waals surface area (Å²) in [6, 6.07) is 12.3. The summed E-state index contributed by atoms with van der Waals surface area (Å²) in [5.74, 6) is -7.54. The van der Waals surface area contributed by atoms with E-state index in [4.69, 9.17) is 30.6 Å². The van der Waals surface area contributed by atoms with Crippen molar-refractivity contribution >= 4 is 35.8 Å². The molecule has 2 aliphatic heterocycles. The highest BCUT2D eigenvalue weighted by Gasteiger charge is 2.10. The number of aromatic nitrogens is 2. The molecule has 2 aliphatic rings. The molecule has 0 aliphatic carbocycles. The molecule has 16 heteroatoms. The van der Waals surface area contributed by atoms with Crippen LogP contribution in [0.4, 0.5) is 0 Å². The Morgan fingerprint density at radius 3 is 0.942 bits per heavy atom. The topological polar surface area (TPSA) is 256 Å². The maximum absolute atomic E-state index is 9.55. The van der Waals surface area contributed by atoms with Gasteiger partial charge < -0.3 is 40.4 Å². The largest absolute Gasteiger partial charge is 0.478 e. The van der Waals surface area contributed by atoms with E-state index in [2.05, 4.69) is 44.0 Å². The summed E-state index contributed by atoms with van der Waals surface area (Å²) in [6.07, 6.45) is 17.6. The van der Waals surface area contributed by atoms with Gasteiger partial charge in [0.1, 0.15) is 0 Å².